The predicted molar refractivity (Wildman–Crippen MR) is 105 cm³/mol. The monoisotopic (exact) mass is 475 g/mol. The minimum Gasteiger partial charge on any atom is -0.369 e. The topological polar surface area (TPSA) is 81.7 Å². The Balaban J connectivity index is 1.76. The average molecular weight is 475 g/mol. The number of hydrogen-bond acceptors (Lipinski definition) is 4. The second-order valence-electron chi connectivity index (χ2n) is 7.55. The molecule has 178 valence electrons. The number of anilines is 1. The maximum absolute atomic E-state index is 13.0. The van der Waals surface area contributed by atoms with Crippen LogP contribution in [-0.2, 0) is 23.4 Å². The average Bonchev–Trinajstić information content (AvgIpc) is 3.12. The van der Waals surface area contributed by atoms with E-state index in [0.29, 0.717) is 36.2 Å². The number of alkyl halides is 6. The van der Waals surface area contributed by atoms with Crippen LogP contribution in [0.4, 0.5) is 32.0 Å². The molecule has 0 radical (unpaired) electrons. The first-order valence-electron chi connectivity index (χ1n) is 9.64. The molecule has 0 saturated heterocycles. The molecule has 2 aromatic rings. The van der Waals surface area contributed by atoms with E-state index in [1.165, 1.54) is 13.0 Å². The van der Waals surface area contributed by atoms with E-state index in [9.17, 15) is 41.0 Å². The van der Waals surface area contributed by atoms with Gasteiger partial charge in [0.1, 0.15) is 0 Å². The first kappa shape index (κ1) is 24.4. The fourth-order valence-electron chi connectivity index (χ4n) is 3.55. The van der Waals surface area contributed by atoms with Crippen molar-refractivity contribution in [3.8, 4) is 0 Å². The third-order valence-corrected chi connectivity index (χ3v) is 5.25. The molecule has 1 aliphatic rings. The van der Waals surface area contributed by atoms with Crippen molar-refractivity contribution in [1.82, 2.24) is 10.9 Å². The highest BCUT2D eigenvalue weighted by atomic mass is 19.4. The van der Waals surface area contributed by atoms with Gasteiger partial charge >= 0.3 is 12.4 Å². The summed E-state index contributed by atoms with van der Waals surface area (Å²) in [5.41, 5.74) is 0.478. The Labute approximate surface area is 184 Å². The van der Waals surface area contributed by atoms with Gasteiger partial charge in [0, 0.05) is 36.8 Å². The van der Waals surface area contributed by atoms with Gasteiger partial charge in [-0.25, -0.2) is 0 Å². The number of halogens is 6. The SMILES string of the molecule is CC(=O)NNC(=O)c1ccc2c(c1)CCN2Cc1ccc(C(O)(C(F)(F)F)C(F)(F)F)cc1. The predicted octanol–water partition coefficient (Wildman–Crippen LogP) is 3.34. The van der Waals surface area contributed by atoms with Crippen LogP contribution in [0.5, 0.6) is 0 Å². The van der Waals surface area contributed by atoms with Crippen molar-refractivity contribution in [3.05, 3.63) is 64.7 Å². The van der Waals surface area contributed by atoms with Crippen molar-refractivity contribution in [2.45, 2.75) is 37.8 Å². The molecule has 1 aliphatic heterocycles. The van der Waals surface area contributed by atoms with Gasteiger partial charge in [0.25, 0.3) is 11.5 Å². The second-order valence-corrected chi connectivity index (χ2v) is 7.55. The summed E-state index contributed by atoms with van der Waals surface area (Å²) in [6, 6.07) is 8.28. The number of carbonyl (C=O) groups excluding carboxylic acids is 2. The molecular formula is C21H19F6N3O3. The van der Waals surface area contributed by atoms with Crippen molar-refractivity contribution in [2.24, 2.45) is 0 Å². The zero-order valence-electron chi connectivity index (χ0n) is 17.1. The normalized spacial score (nSPS) is 14.1. The summed E-state index contributed by atoms with van der Waals surface area (Å²) >= 11 is 0. The second kappa shape index (κ2) is 8.58. The number of aliphatic hydroxyl groups is 1. The number of nitrogens with one attached hydrogen (secondary N) is 2. The van der Waals surface area contributed by atoms with E-state index in [-0.39, 0.29) is 6.54 Å². The van der Waals surface area contributed by atoms with Gasteiger partial charge in [0.15, 0.2) is 0 Å². The van der Waals surface area contributed by atoms with Gasteiger partial charge in [-0.1, -0.05) is 24.3 Å². The lowest BCUT2D eigenvalue weighted by Gasteiger charge is -2.32. The highest BCUT2D eigenvalue weighted by Crippen LogP contribution is 2.50. The first-order chi connectivity index (χ1) is 15.2. The van der Waals surface area contributed by atoms with Gasteiger partial charge < -0.3 is 10.0 Å². The molecule has 0 aromatic heterocycles. The minimum atomic E-state index is -5.94. The molecule has 0 spiro atoms. The molecular weight excluding hydrogens is 456 g/mol. The summed E-state index contributed by atoms with van der Waals surface area (Å²) in [6.07, 6.45) is -11.3. The Bertz CT molecular complexity index is 1040. The first-order valence-corrected chi connectivity index (χ1v) is 9.64. The minimum absolute atomic E-state index is 0.196. The molecule has 3 N–H and O–H groups in total. The maximum atomic E-state index is 13.0. The van der Waals surface area contributed by atoms with E-state index in [2.05, 4.69) is 10.9 Å². The van der Waals surface area contributed by atoms with Crippen molar-refractivity contribution in [1.29, 1.82) is 0 Å². The fraction of sp³-hybridized carbons (Fsp3) is 0.333. The van der Waals surface area contributed by atoms with Crippen molar-refractivity contribution < 1.29 is 41.0 Å². The van der Waals surface area contributed by atoms with E-state index >= 15 is 0 Å². The van der Waals surface area contributed by atoms with Crippen LogP contribution in [0.3, 0.4) is 0 Å². The zero-order chi connectivity index (χ0) is 24.6. The van der Waals surface area contributed by atoms with Gasteiger partial charge in [-0.2, -0.15) is 26.3 Å². The van der Waals surface area contributed by atoms with Crippen molar-refractivity contribution >= 4 is 17.5 Å². The van der Waals surface area contributed by atoms with Gasteiger partial charge in [-0.3, -0.25) is 20.4 Å². The highest BCUT2D eigenvalue weighted by molar-refractivity contribution is 5.96. The van der Waals surface area contributed by atoms with Crippen LogP contribution in [0.25, 0.3) is 0 Å². The van der Waals surface area contributed by atoms with Crippen LogP contribution in [0.15, 0.2) is 42.5 Å². The molecule has 33 heavy (non-hydrogen) atoms. The van der Waals surface area contributed by atoms with Crippen LogP contribution >= 0.6 is 0 Å². The lowest BCUT2D eigenvalue weighted by atomic mass is 9.91. The van der Waals surface area contributed by atoms with Crippen LogP contribution in [0, 0.1) is 0 Å². The third-order valence-electron chi connectivity index (χ3n) is 5.25. The number of fused-ring (bicyclic) bond motifs is 1. The quantitative estimate of drug-likeness (QED) is 0.468. The largest absolute Gasteiger partial charge is 0.430 e. The fourth-order valence-corrected chi connectivity index (χ4v) is 3.55. The summed E-state index contributed by atoms with van der Waals surface area (Å²) < 4.78 is 78.2. The Morgan fingerprint density at radius 2 is 1.58 bits per heavy atom. The van der Waals surface area contributed by atoms with E-state index in [4.69, 9.17) is 0 Å². The lowest BCUT2D eigenvalue weighted by molar-refractivity contribution is -0.376. The molecule has 0 fully saturated rings. The summed E-state index contributed by atoms with van der Waals surface area (Å²) in [4.78, 5) is 24.8. The van der Waals surface area contributed by atoms with E-state index in [1.54, 1.807) is 12.1 Å². The van der Waals surface area contributed by atoms with E-state index in [0.717, 1.165) is 23.4 Å². The smallest absolute Gasteiger partial charge is 0.369 e. The van der Waals surface area contributed by atoms with E-state index < -0.39 is 35.3 Å². The van der Waals surface area contributed by atoms with Crippen LogP contribution in [0.1, 0.15) is 34.0 Å². The van der Waals surface area contributed by atoms with Crippen LogP contribution in [0.2, 0.25) is 0 Å². The number of hydrogen-bond donors (Lipinski definition) is 3. The molecule has 0 saturated carbocycles. The molecule has 2 amide bonds. The number of rotatable bonds is 4. The van der Waals surface area contributed by atoms with Gasteiger partial charge in [-0.05, 0) is 35.7 Å². The number of hydrazine groups is 1. The molecule has 0 atom stereocenters. The molecule has 12 heteroatoms. The molecule has 0 aliphatic carbocycles. The van der Waals surface area contributed by atoms with Gasteiger partial charge in [0.2, 0.25) is 5.91 Å². The highest BCUT2D eigenvalue weighted by Gasteiger charge is 2.71. The number of benzene rings is 2. The summed E-state index contributed by atoms with van der Waals surface area (Å²) in [5, 5.41) is 9.48. The summed E-state index contributed by atoms with van der Waals surface area (Å²) in [5.74, 6) is -0.950. The Kier molecular flexibility index (Phi) is 6.33. The van der Waals surface area contributed by atoms with E-state index in [1.807, 2.05) is 4.90 Å². The van der Waals surface area contributed by atoms with Crippen LogP contribution in [-0.4, -0.2) is 35.8 Å². The zero-order valence-corrected chi connectivity index (χ0v) is 17.1. The molecule has 0 unspecified atom stereocenters. The number of nitrogens with zero attached hydrogens (tertiary/aromatic N) is 1. The number of amides is 2. The van der Waals surface area contributed by atoms with Crippen molar-refractivity contribution in [3.63, 3.8) is 0 Å². The Morgan fingerprint density at radius 3 is 2.12 bits per heavy atom. The van der Waals surface area contributed by atoms with Gasteiger partial charge in [0.05, 0.1) is 0 Å². The molecule has 2 aromatic carbocycles. The van der Waals surface area contributed by atoms with Crippen molar-refractivity contribution in [2.75, 3.05) is 11.4 Å². The standard InChI is InChI=1S/C21H19F6N3O3/c1-12(31)28-29-18(32)15-4-7-17-14(10-15)8-9-30(17)11-13-2-5-16(6-3-13)19(33,20(22,23)24)21(25,26)27/h2-7,10,33H,8-9,11H2,1H3,(H,28,31)(H,29,32). The Morgan fingerprint density at radius 1 is 0.970 bits per heavy atom. The molecule has 6 nitrogen and oxygen atoms in total. The number of carbonyl (C=O) groups is 2. The van der Waals surface area contributed by atoms with Crippen LogP contribution < -0.4 is 15.8 Å². The van der Waals surface area contributed by atoms with Gasteiger partial charge in [-0.15, -0.1) is 0 Å². The molecule has 3 rings (SSSR count). The maximum Gasteiger partial charge on any atom is 0.430 e. The lowest BCUT2D eigenvalue weighted by Crippen LogP contribution is -2.53. The molecule has 1 heterocycles. The summed E-state index contributed by atoms with van der Waals surface area (Å²) in [6.45, 7) is 1.95. The Hall–Kier alpha value is -3.28. The molecule has 0 bridgehead atoms. The third kappa shape index (κ3) is 4.75. The summed E-state index contributed by atoms with van der Waals surface area (Å²) in [7, 11) is 0.